The average molecular weight is 282 g/mol. The predicted molar refractivity (Wildman–Crippen MR) is 80.5 cm³/mol. The molecule has 0 saturated heterocycles. The number of rotatable bonds is 8. The Kier molecular flexibility index (Phi) is 5.85. The number of ether oxygens (including phenoxy) is 1. The molecule has 1 N–H and O–H groups in total. The maximum atomic E-state index is 11.9. The molecule has 0 spiro atoms. The standard InChI is InChI=1S/C16H30N2O2/c1-4-17-15(16(19)20-5-2)11-18(3)10-14-9-12-6-7-13(14)8-12/h12-15,17H,4-11H2,1-3H3. The van der Waals surface area contributed by atoms with Crippen LogP contribution in [0.3, 0.4) is 0 Å². The highest BCUT2D eigenvalue weighted by Crippen LogP contribution is 2.48. The molecule has 2 fully saturated rings. The summed E-state index contributed by atoms with van der Waals surface area (Å²) in [5.41, 5.74) is 0. The van der Waals surface area contributed by atoms with Crippen molar-refractivity contribution in [2.75, 3.05) is 33.3 Å². The van der Waals surface area contributed by atoms with Gasteiger partial charge in [0.15, 0.2) is 0 Å². The molecule has 116 valence electrons. The lowest BCUT2D eigenvalue weighted by Crippen LogP contribution is -2.47. The summed E-state index contributed by atoms with van der Waals surface area (Å²) < 4.78 is 5.15. The van der Waals surface area contributed by atoms with E-state index in [1.165, 1.54) is 25.7 Å². The number of nitrogens with zero attached hydrogens (tertiary/aromatic N) is 1. The summed E-state index contributed by atoms with van der Waals surface area (Å²) in [7, 11) is 2.13. The lowest BCUT2D eigenvalue weighted by Gasteiger charge is -2.29. The van der Waals surface area contributed by atoms with Crippen LogP contribution in [0.25, 0.3) is 0 Å². The molecule has 0 heterocycles. The van der Waals surface area contributed by atoms with Crippen LogP contribution in [-0.2, 0) is 9.53 Å². The van der Waals surface area contributed by atoms with Crippen molar-refractivity contribution < 1.29 is 9.53 Å². The van der Waals surface area contributed by atoms with Crippen LogP contribution in [0.5, 0.6) is 0 Å². The number of likely N-dealkylation sites (N-methyl/N-ethyl adjacent to an activating group) is 2. The first-order valence-electron chi connectivity index (χ1n) is 8.22. The Hall–Kier alpha value is -0.610. The molecule has 0 aromatic heterocycles. The Balaban J connectivity index is 1.78. The van der Waals surface area contributed by atoms with Gasteiger partial charge in [-0.05, 0) is 57.5 Å². The molecule has 2 bridgehead atoms. The van der Waals surface area contributed by atoms with Gasteiger partial charge >= 0.3 is 5.97 Å². The lowest BCUT2D eigenvalue weighted by atomic mass is 9.88. The second-order valence-electron chi connectivity index (χ2n) is 6.52. The van der Waals surface area contributed by atoms with Crippen molar-refractivity contribution in [3.05, 3.63) is 0 Å². The van der Waals surface area contributed by atoms with E-state index in [1.54, 1.807) is 0 Å². The van der Waals surface area contributed by atoms with E-state index in [0.29, 0.717) is 6.61 Å². The van der Waals surface area contributed by atoms with Gasteiger partial charge in [-0.25, -0.2) is 0 Å². The molecule has 4 unspecified atom stereocenters. The van der Waals surface area contributed by atoms with Gasteiger partial charge in [0.25, 0.3) is 0 Å². The fourth-order valence-electron chi connectivity index (χ4n) is 4.10. The molecule has 0 aromatic carbocycles. The molecule has 0 amide bonds. The first kappa shape index (κ1) is 15.8. The molecule has 2 rings (SSSR count). The van der Waals surface area contributed by atoms with Gasteiger partial charge in [-0.3, -0.25) is 4.79 Å². The van der Waals surface area contributed by atoms with Crippen LogP contribution >= 0.6 is 0 Å². The van der Waals surface area contributed by atoms with Gasteiger partial charge in [-0.2, -0.15) is 0 Å². The van der Waals surface area contributed by atoms with Gasteiger partial charge in [0.2, 0.25) is 0 Å². The van der Waals surface area contributed by atoms with E-state index in [0.717, 1.165) is 37.4 Å². The molecule has 20 heavy (non-hydrogen) atoms. The summed E-state index contributed by atoms with van der Waals surface area (Å²) in [6.45, 7) is 7.02. The smallest absolute Gasteiger partial charge is 0.324 e. The van der Waals surface area contributed by atoms with E-state index in [9.17, 15) is 4.79 Å². The zero-order chi connectivity index (χ0) is 14.5. The largest absolute Gasteiger partial charge is 0.465 e. The zero-order valence-electron chi connectivity index (χ0n) is 13.2. The predicted octanol–water partition coefficient (Wildman–Crippen LogP) is 1.90. The minimum atomic E-state index is -0.191. The van der Waals surface area contributed by atoms with E-state index in [4.69, 9.17) is 4.74 Å². The van der Waals surface area contributed by atoms with E-state index >= 15 is 0 Å². The Morgan fingerprint density at radius 3 is 2.70 bits per heavy atom. The molecule has 2 aliphatic rings. The van der Waals surface area contributed by atoms with E-state index in [1.807, 2.05) is 13.8 Å². The van der Waals surface area contributed by atoms with Gasteiger partial charge in [-0.1, -0.05) is 13.3 Å². The first-order valence-corrected chi connectivity index (χ1v) is 8.22. The highest BCUT2D eigenvalue weighted by atomic mass is 16.5. The van der Waals surface area contributed by atoms with E-state index in [-0.39, 0.29) is 12.0 Å². The second-order valence-corrected chi connectivity index (χ2v) is 6.52. The zero-order valence-corrected chi connectivity index (χ0v) is 13.2. The van der Waals surface area contributed by atoms with Crippen molar-refractivity contribution in [1.82, 2.24) is 10.2 Å². The summed E-state index contributed by atoms with van der Waals surface area (Å²) in [6.07, 6.45) is 5.73. The first-order chi connectivity index (χ1) is 9.63. The van der Waals surface area contributed by atoms with Crippen LogP contribution in [0.4, 0.5) is 0 Å². The van der Waals surface area contributed by atoms with Crippen molar-refractivity contribution in [1.29, 1.82) is 0 Å². The van der Waals surface area contributed by atoms with Crippen molar-refractivity contribution in [2.45, 2.75) is 45.6 Å². The topological polar surface area (TPSA) is 41.6 Å². The summed E-state index contributed by atoms with van der Waals surface area (Å²) in [5.74, 6) is 2.67. The Morgan fingerprint density at radius 1 is 1.35 bits per heavy atom. The van der Waals surface area contributed by atoms with Gasteiger partial charge in [0.05, 0.1) is 6.61 Å². The maximum Gasteiger partial charge on any atom is 0.324 e. The minimum absolute atomic E-state index is 0.117. The van der Waals surface area contributed by atoms with Crippen molar-refractivity contribution in [3.63, 3.8) is 0 Å². The van der Waals surface area contributed by atoms with Gasteiger partial charge < -0.3 is 15.0 Å². The van der Waals surface area contributed by atoms with Crippen LogP contribution in [0, 0.1) is 17.8 Å². The fraction of sp³-hybridized carbons (Fsp3) is 0.938. The number of carbonyl (C=O) groups excluding carboxylic acids is 1. The summed E-state index contributed by atoms with van der Waals surface area (Å²) in [4.78, 5) is 14.2. The van der Waals surface area contributed by atoms with Gasteiger partial charge in [0.1, 0.15) is 6.04 Å². The number of carbonyl (C=O) groups is 1. The van der Waals surface area contributed by atoms with Crippen LogP contribution < -0.4 is 5.32 Å². The number of hydrogen-bond acceptors (Lipinski definition) is 4. The fourth-order valence-corrected chi connectivity index (χ4v) is 4.10. The van der Waals surface area contributed by atoms with Crippen LogP contribution in [0.15, 0.2) is 0 Å². The number of hydrogen-bond donors (Lipinski definition) is 1. The quantitative estimate of drug-likeness (QED) is 0.690. The third-order valence-corrected chi connectivity index (χ3v) is 4.95. The number of fused-ring (bicyclic) bond motifs is 2. The molecule has 4 heteroatoms. The second kappa shape index (κ2) is 7.41. The molecular formula is C16H30N2O2. The Labute approximate surface area is 123 Å². The average Bonchev–Trinajstić information content (AvgIpc) is 3.00. The number of nitrogens with one attached hydrogen (secondary N) is 1. The highest BCUT2D eigenvalue weighted by molar-refractivity contribution is 5.76. The van der Waals surface area contributed by atoms with Gasteiger partial charge in [0, 0.05) is 13.1 Å². The minimum Gasteiger partial charge on any atom is -0.465 e. The molecule has 2 saturated carbocycles. The van der Waals surface area contributed by atoms with Crippen LogP contribution in [-0.4, -0.2) is 50.2 Å². The highest BCUT2D eigenvalue weighted by Gasteiger charge is 2.39. The van der Waals surface area contributed by atoms with E-state index < -0.39 is 0 Å². The van der Waals surface area contributed by atoms with Crippen LogP contribution in [0.2, 0.25) is 0 Å². The summed E-state index contributed by atoms with van der Waals surface area (Å²) in [6, 6.07) is -0.191. The third-order valence-electron chi connectivity index (χ3n) is 4.95. The molecule has 4 nitrogen and oxygen atoms in total. The third kappa shape index (κ3) is 3.95. The van der Waals surface area contributed by atoms with Crippen molar-refractivity contribution in [3.8, 4) is 0 Å². The maximum absolute atomic E-state index is 11.9. The molecule has 4 atom stereocenters. The molecule has 0 aromatic rings. The van der Waals surface area contributed by atoms with E-state index in [2.05, 4.69) is 17.3 Å². The van der Waals surface area contributed by atoms with Crippen LogP contribution in [0.1, 0.15) is 39.5 Å². The van der Waals surface area contributed by atoms with Crippen molar-refractivity contribution >= 4 is 5.97 Å². The normalized spacial score (nSPS) is 29.9. The summed E-state index contributed by atoms with van der Waals surface area (Å²) >= 11 is 0. The van der Waals surface area contributed by atoms with Crippen molar-refractivity contribution in [2.24, 2.45) is 17.8 Å². The Bertz CT molecular complexity index is 322. The molecule has 2 aliphatic carbocycles. The monoisotopic (exact) mass is 282 g/mol. The number of esters is 1. The van der Waals surface area contributed by atoms with Gasteiger partial charge in [-0.15, -0.1) is 0 Å². The lowest BCUT2D eigenvalue weighted by molar-refractivity contribution is -0.146. The molecular weight excluding hydrogens is 252 g/mol. The summed E-state index contributed by atoms with van der Waals surface area (Å²) in [5, 5.41) is 3.24. The SMILES string of the molecule is CCNC(CN(C)CC1CC2CCC1C2)C(=O)OCC. The molecule has 0 radical (unpaired) electrons. The molecule has 0 aliphatic heterocycles. The Morgan fingerprint density at radius 2 is 2.15 bits per heavy atom.